The highest BCUT2D eigenvalue weighted by molar-refractivity contribution is 5.92. The van der Waals surface area contributed by atoms with E-state index in [9.17, 15) is 9.90 Å². The van der Waals surface area contributed by atoms with Gasteiger partial charge in [0.25, 0.3) is 5.89 Å². The average Bonchev–Trinajstić information content (AvgIpc) is 3.09. The van der Waals surface area contributed by atoms with E-state index >= 15 is 0 Å². The minimum Gasteiger partial charge on any atom is -0.507 e. The molecule has 0 aliphatic heterocycles. The van der Waals surface area contributed by atoms with Gasteiger partial charge in [0.05, 0.1) is 7.11 Å². The van der Waals surface area contributed by atoms with Gasteiger partial charge in [-0.3, -0.25) is 0 Å². The number of phenols is 1. The molecule has 122 valence electrons. The number of hydrogen-bond acceptors (Lipinski definition) is 7. The maximum atomic E-state index is 11.9. The predicted octanol–water partition coefficient (Wildman–Crippen LogP) is 2.81. The van der Waals surface area contributed by atoms with E-state index in [1.54, 1.807) is 43.5 Å². The Kier molecular flexibility index (Phi) is 4.42. The maximum absolute atomic E-state index is 11.9. The minimum absolute atomic E-state index is 0.0763. The molecule has 0 amide bonds. The van der Waals surface area contributed by atoms with E-state index in [-0.39, 0.29) is 23.8 Å². The van der Waals surface area contributed by atoms with E-state index in [0.717, 1.165) is 11.3 Å². The lowest BCUT2D eigenvalue weighted by molar-refractivity contribution is 0.0426. The summed E-state index contributed by atoms with van der Waals surface area (Å²) in [7, 11) is 1.58. The molecule has 0 fully saturated rings. The van der Waals surface area contributed by atoms with E-state index < -0.39 is 5.97 Å². The van der Waals surface area contributed by atoms with Crippen molar-refractivity contribution in [2.24, 2.45) is 0 Å². The number of carbonyl (C=O) groups is 1. The van der Waals surface area contributed by atoms with Crippen LogP contribution in [0.15, 0.2) is 53.1 Å². The molecule has 7 heteroatoms. The Morgan fingerprint density at radius 3 is 2.62 bits per heavy atom. The van der Waals surface area contributed by atoms with Gasteiger partial charge >= 0.3 is 5.97 Å². The summed E-state index contributed by atoms with van der Waals surface area (Å²) >= 11 is 0. The topological polar surface area (TPSA) is 94.7 Å². The molecule has 2 aromatic carbocycles. The van der Waals surface area contributed by atoms with Crippen molar-refractivity contribution in [1.29, 1.82) is 0 Å². The van der Waals surface area contributed by atoms with Gasteiger partial charge in [0.15, 0.2) is 6.61 Å². The third-order valence-electron chi connectivity index (χ3n) is 3.27. The van der Waals surface area contributed by atoms with Crippen LogP contribution in [0.3, 0.4) is 0 Å². The average molecular weight is 326 g/mol. The summed E-state index contributed by atoms with van der Waals surface area (Å²) in [6, 6.07) is 13.3. The zero-order chi connectivity index (χ0) is 16.9. The summed E-state index contributed by atoms with van der Waals surface area (Å²) in [5, 5.41) is 13.5. The van der Waals surface area contributed by atoms with Gasteiger partial charge in [-0.1, -0.05) is 17.3 Å². The normalized spacial score (nSPS) is 10.4. The number of rotatable bonds is 5. The number of hydrogen-bond donors (Lipinski definition) is 1. The molecule has 24 heavy (non-hydrogen) atoms. The predicted molar refractivity (Wildman–Crippen MR) is 83.5 cm³/mol. The van der Waals surface area contributed by atoms with Gasteiger partial charge in [0, 0.05) is 5.56 Å². The number of benzene rings is 2. The molecule has 1 aromatic heterocycles. The molecule has 0 saturated carbocycles. The highest BCUT2D eigenvalue weighted by Gasteiger charge is 2.15. The van der Waals surface area contributed by atoms with Crippen molar-refractivity contribution in [2.45, 2.75) is 6.61 Å². The maximum Gasteiger partial charge on any atom is 0.342 e. The van der Waals surface area contributed by atoms with E-state index in [1.807, 2.05) is 0 Å². The fraction of sp³-hybridized carbons (Fsp3) is 0.118. The largest absolute Gasteiger partial charge is 0.507 e. The quantitative estimate of drug-likeness (QED) is 0.720. The molecular weight excluding hydrogens is 312 g/mol. The molecule has 0 unspecified atom stereocenters. The Hall–Kier alpha value is -3.35. The summed E-state index contributed by atoms with van der Waals surface area (Å²) < 4.78 is 15.2. The number of phenolic OH excluding ortho intramolecular Hbond substituents is 1. The molecule has 7 nitrogen and oxygen atoms in total. The fourth-order valence-corrected chi connectivity index (χ4v) is 2.02. The Bertz CT molecular complexity index is 842. The van der Waals surface area contributed by atoms with Crippen LogP contribution in [0.5, 0.6) is 11.5 Å². The van der Waals surface area contributed by atoms with Crippen molar-refractivity contribution < 1.29 is 23.9 Å². The van der Waals surface area contributed by atoms with E-state index in [0.29, 0.717) is 5.82 Å². The summed E-state index contributed by atoms with van der Waals surface area (Å²) in [5.74, 6) is 0.444. The lowest BCUT2D eigenvalue weighted by Crippen LogP contribution is -2.05. The van der Waals surface area contributed by atoms with Crippen LogP contribution in [0.1, 0.15) is 16.2 Å². The molecule has 1 heterocycles. The summed E-state index contributed by atoms with van der Waals surface area (Å²) in [6.45, 7) is -0.184. The minimum atomic E-state index is -0.669. The molecule has 0 atom stereocenters. The second-order valence-electron chi connectivity index (χ2n) is 4.83. The summed E-state index contributed by atoms with van der Waals surface area (Å²) in [5.41, 5.74) is 0.824. The highest BCUT2D eigenvalue weighted by Crippen LogP contribution is 2.20. The lowest BCUT2D eigenvalue weighted by Gasteiger charge is -2.03. The van der Waals surface area contributed by atoms with E-state index in [1.165, 1.54) is 12.1 Å². The summed E-state index contributed by atoms with van der Waals surface area (Å²) in [6.07, 6.45) is 0. The molecular formula is C17H14N2O5. The molecule has 0 radical (unpaired) electrons. The number of nitrogens with zero attached hydrogens (tertiary/aromatic N) is 2. The standard InChI is InChI=1S/C17H14N2O5/c1-22-12-8-6-11(7-9-12)16-18-15(24-19-16)10-23-17(21)13-4-2-3-5-14(13)20/h2-9,20H,10H2,1H3. The van der Waals surface area contributed by atoms with Crippen LogP contribution in [0, 0.1) is 0 Å². The Labute approximate surface area is 137 Å². The van der Waals surface area contributed by atoms with Crippen LogP contribution in [0.25, 0.3) is 11.4 Å². The van der Waals surface area contributed by atoms with Gasteiger partial charge in [-0.05, 0) is 36.4 Å². The first kappa shape index (κ1) is 15.5. The van der Waals surface area contributed by atoms with E-state index in [4.69, 9.17) is 14.0 Å². The molecule has 3 rings (SSSR count). The first-order valence-corrected chi connectivity index (χ1v) is 7.09. The van der Waals surface area contributed by atoms with Gasteiger partial charge in [0.2, 0.25) is 5.82 Å². The molecule has 1 N–H and O–H groups in total. The number of aromatic nitrogens is 2. The number of para-hydroxylation sites is 1. The third kappa shape index (κ3) is 3.35. The zero-order valence-electron chi connectivity index (χ0n) is 12.8. The van der Waals surface area contributed by atoms with Crippen LogP contribution in [-0.2, 0) is 11.3 Å². The molecule has 0 aliphatic carbocycles. The zero-order valence-corrected chi connectivity index (χ0v) is 12.8. The van der Waals surface area contributed by atoms with Gasteiger partial charge in [-0.2, -0.15) is 4.98 Å². The first-order valence-electron chi connectivity index (χ1n) is 7.09. The fourth-order valence-electron chi connectivity index (χ4n) is 2.02. The van der Waals surface area contributed by atoms with E-state index in [2.05, 4.69) is 10.1 Å². The number of methoxy groups -OCH3 is 1. The Morgan fingerprint density at radius 1 is 1.17 bits per heavy atom. The van der Waals surface area contributed by atoms with Gasteiger partial charge < -0.3 is 19.1 Å². The van der Waals surface area contributed by atoms with Crippen molar-refractivity contribution in [2.75, 3.05) is 7.11 Å². The summed E-state index contributed by atoms with van der Waals surface area (Å²) in [4.78, 5) is 16.1. The smallest absolute Gasteiger partial charge is 0.342 e. The van der Waals surface area contributed by atoms with Crippen molar-refractivity contribution in [3.63, 3.8) is 0 Å². The van der Waals surface area contributed by atoms with Gasteiger partial charge in [-0.25, -0.2) is 4.79 Å². The van der Waals surface area contributed by atoms with Crippen molar-refractivity contribution in [3.05, 3.63) is 60.0 Å². The molecule has 3 aromatic rings. The molecule has 0 saturated heterocycles. The van der Waals surface area contributed by atoms with Crippen LogP contribution in [0.2, 0.25) is 0 Å². The molecule has 0 aliphatic rings. The number of carbonyl (C=O) groups excluding carboxylic acids is 1. The van der Waals surface area contributed by atoms with Crippen LogP contribution in [-0.4, -0.2) is 28.3 Å². The molecule has 0 bridgehead atoms. The first-order chi connectivity index (χ1) is 11.7. The van der Waals surface area contributed by atoms with Gasteiger partial charge in [0.1, 0.15) is 17.1 Å². The molecule has 0 spiro atoms. The Morgan fingerprint density at radius 2 is 1.92 bits per heavy atom. The van der Waals surface area contributed by atoms with Crippen molar-refractivity contribution >= 4 is 5.97 Å². The van der Waals surface area contributed by atoms with Crippen LogP contribution >= 0.6 is 0 Å². The number of esters is 1. The van der Waals surface area contributed by atoms with Crippen LogP contribution < -0.4 is 4.74 Å². The van der Waals surface area contributed by atoms with Crippen molar-refractivity contribution in [1.82, 2.24) is 10.1 Å². The SMILES string of the molecule is COc1ccc(-c2noc(COC(=O)c3ccccc3O)n2)cc1. The Balaban J connectivity index is 1.66. The second-order valence-corrected chi connectivity index (χ2v) is 4.83. The second kappa shape index (κ2) is 6.82. The monoisotopic (exact) mass is 326 g/mol. The lowest BCUT2D eigenvalue weighted by atomic mass is 10.2. The third-order valence-corrected chi connectivity index (χ3v) is 3.27. The van der Waals surface area contributed by atoms with Crippen molar-refractivity contribution in [3.8, 4) is 22.9 Å². The number of aromatic hydroxyl groups is 1. The van der Waals surface area contributed by atoms with Gasteiger partial charge in [-0.15, -0.1) is 0 Å². The number of ether oxygens (including phenoxy) is 2. The highest BCUT2D eigenvalue weighted by atomic mass is 16.6. The van der Waals surface area contributed by atoms with Crippen LogP contribution in [0.4, 0.5) is 0 Å².